The van der Waals surface area contributed by atoms with Gasteiger partial charge in [0.1, 0.15) is 5.00 Å². The highest BCUT2D eigenvalue weighted by atomic mass is 79.9. The quantitative estimate of drug-likeness (QED) is 0.758. The Kier molecular flexibility index (Phi) is 5.56. The van der Waals surface area contributed by atoms with Gasteiger partial charge >= 0.3 is 5.97 Å². The minimum atomic E-state index is -0.369. The summed E-state index contributed by atoms with van der Waals surface area (Å²) in [4.78, 5) is 28.4. The zero-order valence-electron chi connectivity index (χ0n) is 14.1. The van der Waals surface area contributed by atoms with Crippen molar-refractivity contribution in [1.29, 1.82) is 0 Å². The number of halogens is 1. The molecule has 0 aliphatic carbocycles. The number of ether oxygens (including phenoxy) is 1. The minimum absolute atomic E-state index is 0.245. The van der Waals surface area contributed by atoms with Crippen LogP contribution in [0.15, 0.2) is 28.7 Å². The summed E-state index contributed by atoms with van der Waals surface area (Å²) < 4.78 is 5.94. The molecule has 2 heterocycles. The molecular formula is C18H19BrN2O3S. The van der Waals surface area contributed by atoms with Crippen LogP contribution in [0.25, 0.3) is 0 Å². The molecule has 0 bridgehead atoms. The van der Waals surface area contributed by atoms with Crippen molar-refractivity contribution in [3.05, 3.63) is 50.3 Å². The molecule has 1 aromatic carbocycles. The molecule has 0 spiro atoms. The number of fused-ring (bicyclic) bond motifs is 1. The van der Waals surface area contributed by atoms with Crippen molar-refractivity contribution in [2.75, 3.05) is 25.5 Å². The van der Waals surface area contributed by atoms with Gasteiger partial charge in [0.05, 0.1) is 17.7 Å². The SMILES string of the molecule is CCOC(=O)c1c(NC(=O)c2ccccc2Br)sc2c1CCN(C)C2. The Bertz CT molecular complexity index is 819. The summed E-state index contributed by atoms with van der Waals surface area (Å²) in [5, 5.41) is 3.48. The maximum Gasteiger partial charge on any atom is 0.341 e. The van der Waals surface area contributed by atoms with Crippen LogP contribution < -0.4 is 5.32 Å². The first-order chi connectivity index (χ1) is 12.0. The Morgan fingerprint density at radius 2 is 2.12 bits per heavy atom. The van der Waals surface area contributed by atoms with Crippen LogP contribution in [0.3, 0.4) is 0 Å². The van der Waals surface area contributed by atoms with Gasteiger partial charge in [-0.05, 0) is 54.0 Å². The molecule has 25 heavy (non-hydrogen) atoms. The van der Waals surface area contributed by atoms with E-state index in [4.69, 9.17) is 4.74 Å². The Hall–Kier alpha value is -1.70. The molecule has 2 aromatic rings. The predicted octanol–water partition coefficient (Wildman–Crippen LogP) is 3.93. The number of hydrogen-bond acceptors (Lipinski definition) is 5. The van der Waals surface area contributed by atoms with E-state index in [-0.39, 0.29) is 11.9 Å². The largest absolute Gasteiger partial charge is 0.462 e. The van der Waals surface area contributed by atoms with Crippen LogP contribution in [0.4, 0.5) is 5.00 Å². The van der Waals surface area contributed by atoms with Gasteiger partial charge in [-0.1, -0.05) is 12.1 Å². The van der Waals surface area contributed by atoms with Crippen LogP contribution >= 0.6 is 27.3 Å². The normalized spacial score (nSPS) is 14.0. The van der Waals surface area contributed by atoms with E-state index in [1.54, 1.807) is 19.1 Å². The summed E-state index contributed by atoms with van der Waals surface area (Å²) in [6.07, 6.45) is 0.779. The Morgan fingerprint density at radius 1 is 1.36 bits per heavy atom. The van der Waals surface area contributed by atoms with Gasteiger partial charge in [-0.25, -0.2) is 4.79 Å². The van der Waals surface area contributed by atoms with Crippen LogP contribution in [-0.2, 0) is 17.7 Å². The molecule has 3 rings (SSSR count). The van der Waals surface area contributed by atoms with E-state index in [0.29, 0.717) is 27.2 Å². The van der Waals surface area contributed by atoms with Gasteiger partial charge in [0.25, 0.3) is 5.91 Å². The Labute approximate surface area is 159 Å². The zero-order chi connectivity index (χ0) is 18.0. The van der Waals surface area contributed by atoms with Gasteiger partial charge < -0.3 is 15.0 Å². The highest BCUT2D eigenvalue weighted by molar-refractivity contribution is 9.10. The zero-order valence-corrected chi connectivity index (χ0v) is 16.5. The van der Waals surface area contributed by atoms with Gasteiger partial charge in [-0.3, -0.25) is 4.79 Å². The second-order valence-electron chi connectivity index (χ2n) is 5.85. The van der Waals surface area contributed by atoms with Crippen LogP contribution in [0.2, 0.25) is 0 Å². The lowest BCUT2D eigenvalue weighted by molar-refractivity contribution is 0.0526. The molecule has 1 amide bonds. The molecule has 0 unspecified atom stereocenters. The van der Waals surface area contributed by atoms with Gasteiger partial charge in [0.2, 0.25) is 0 Å². The number of nitrogens with one attached hydrogen (secondary N) is 1. The van der Waals surface area contributed by atoms with E-state index in [9.17, 15) is 9.59 Å². The van der Waals surface area contributed by atoms with Crippen molar-refractivity contribution in [1.82, 2.24) is 4.90 Å². The summed E-state index contributed by atoms with van der Waals surface area (Å²) in [7, 11) is 2.05. The van der Waals surface area contributed by atoms with E-state index >= 15 is 0 Å². The number of carbonyl (C=O) groups excluding carboxylic acids is 2. The molecule has 132 valence electrons. The summed E-state index contributed by atoms with van der Waals surface area (Å²) in [5.41, 5.74) is 2.04. The maximum atomic E-state index is 12.6. The van der Waals surface area contributed by atoms with Crippen molar-refractivity contribution < 1.29 is 14.3 Å². The highest BCUT2D eigenvalue weighted by Crippen LogP contribution is 2.37. The fraction of sp³-hybridized carbons (Fsp3) is 0.333. The number of benzene rings is 1. The number of likely N-dealkylation sites (N-methyl/N-ethyl adjacent to an activating group) is 1. The number of esters is 1. The van der Waals surface area contributed by atoms with E-state index in [1.165, 1.54) is 11.3 Å². The molecule has 1 N–H and O–H groups in total. The number of anilines is 1. The monoisotopic (exact) mass is 422 g/mol. The van der Waals surface area contributed by atoms with Crippen molar-refractivity contribution in [2.45, 2.75) is 19.9 Å². The number of rotatable bonds is 4. The molecule has 0 atom stereocenters. The van der Waals surface area contributed by atoms with Crippen molar-refractivity contribution in [2.24, 2.45) is 0 Å². The number of thiophene rings is 1. The highest BCUT2D eigenvalue weighted by Gasteiger charge is 2.28. The number of amides is 1. The summed E-state index contributed by atoms with van der Waals surface area (Å²) >= 11 is 4.85. The molecule has 1 aliphatic heterocycles. The van der Waals surface area contributed by atoms with Crippen molar-refractivity contribution in [3.63, 3.8) is 0 Å². The molecular weight excluding hydrogens is 404 g/mol. The molecule has 0 saturated carbocycles. The van der Waals surface area contributed by atoms with Crippen LogP contribution in [0, 0.1) is 0 Å². The molecule has 1 aliphatic rings. The van der Waals surface area contributed by atoms with Gasteiger partial charge in [-0.15, -0.1) is 11.3 Å². The summed E-state index contributed by atoms with van der Waals surface area (Å²) in [5.74, 6) is -0.614. The summed E-state index contributed by atoms with van der Waals surface area (Å²) in [6.45, 7) is 3.75. The van der Waals surface area contributed by atoms with Gasteiger partial charge in [0, 0.05) is 22.4 Å². The van der Waals surface area contributed by atoms with Crippen LogP contribution in [-0.4, -0.2) is 37.0 Å². The third kappa shape index (κ3) is 3.78. The molecule has 0 saturated heterocycles. The maximum absolute atomic E-state index is 12.6. The smallest absolute Gasteiger partial charge is 0.341 e. The average Bonchev–Trinajstić information content (AvgIpc) is 2.92. The number of hydrogen-bond donors (Lipinski definition) is 1. The fourth-order valence-electron chi connectivity index (χ4n) is 2.85. The topological polar surface area (TPSA) is 58.6 Å². The number of nitrogens with zero attached hydrogens (tertiary/aromatic N) is 1. The first-order valence-electron chi connectivity index (χ1n) is 8.07. The second-order valence-corrected chi connectivity index (χ2v) is 7.81. The van der Waals surface area contributed by atoms with E-state index in [2.05, 4.69) is 26.1 Å². The summed E-state index contributed by atoms with van der Waals surface area (Å²) in [6, 6.07) is 7.21. The van der Waals surface area contributed by atoms with Gasteiger partial charge in [0.15, 0.2) is 0 Å². The number of carbonyl (C=O) groups is 2. The first-order valence-corrected chi connectivity index (χ1v) is 9.68. The third-order valence-electron chi connectivity index (χ3n) is 4.07. The lowest BCUT2D eigenvalue weighted by Crippen LogP contribution is -2.26. The second kappa shape index (κ2) is 7.68. The predicted molar refractivity (Wildman–Crippen MR) is 102 cm³/mol. The Balaban J connectivity index is 1.96. The molecule has 5 nitrogen and oxygen atoms in total. The van der Waals surface area contributed by atoms with Crippen LogP contribution in [0.5, 0.6) is 0 Å². The third-order valence-corrected chi connectivity index (χ3v) is 5.90. The van der Waals surface area contributed by atoms with E-state index in [1.807, 2.05) is 19.2 Å². The lowest BCUT2D eigenvalue weighted by Gasteiger charge is -2.22. The van der Waals surface area contributed by atoms with Gasteiger partial charge in [-0.2, -0.15) is 0 Å². The molecule has 1 aromatic heterocycles. The van der Waals surface area contributed by atoms with E-state index < -0.39 is 0 Å². The minimum Gasteiger partial charge on any atom is -0.462 e. The molecule has 0 fully saturated rings. The molecule has 7 heteroatoms. The van der Waals surface area contributed by atoms with Crippen molar-refractivity contribution >= 4 is 44.1 Å². The average molecular weight is 423 g/mol. The first kappa shape index (κ1) is 18.1. The molecule has 0 radical (unpaired) electrons. The fourth-order valence-corrected chi connectivity index (χ4v) is 4.63. The standard InChI is InChI=1S/C18H19BrN2O3S/c1-3-24-18(23)15-12-8-9-21(2)10-14(12)25-17(15)20-16(22)11-6-4-5-7-13(11)19/h4-7H,3,8-10H2,1-2H3,(H,20,22). The van der Waals surface area contributed by atoms with Crippen LogP contribution in [0.1, 0.15) is 38.1 Å². The van der Waals surface area contributed by atoms with E-state index in [0.717, 1.165) is 30.0 Å². The Morgan fingerprint density at radius 3 is 2.84 bits per heavy atom. The lowest BCUT2D eigenvalue weighted by atomic mass is 10.0. The van der Waals surface area contributed by atoms with Crippen molar-refractivity contribution in [3.8, 4) is 0 Å².